The maximum atomic E-state index is 5.18. The number of anilines is 1. The normalized spacial score (nSPS) is 9.75. The van der Waals surface area contributed by atoms with Crippen LogP contribution in [0.1, 0.15) is 5.56 Å². The van der Waals surface area contributed by atoms with Crippen molar-refractivity contribution in [2.24, 2.45) is 0 Å². The van der Waals surface area contributed by atoms with E-state index in [4.69, 9.17) is 6.42 Å². The summed E-state index contributed by atoms with van der Waals surface area (Å²) in [6.45, 7) is 2.52. The molecule has 80 valence electrons. The van der Waals surface area contributed by atoms with E-state index in [0.29, 0.717) is 6.54 Å². The van der Waals surface area contributed by atoms with Gasteiger partial charge in [-0.1, -0.05) is 5.92 Å². The van der Waals surface area contributed by atoms with E-state index in [-0.39, 0.29) is 0 Å². The summed E-state index contributed by atoms with van der Waals surface area (Å²) in [5, 5.41) is 14.2. The number of hydrogen-bond donors (Lipinski definition) is 1. The number of terminal acetylenes is 1. The van der Waals surface area contributed by atoms with Crippen molar-refractivity contribution in [2.45, 2.75) is 6.92 Å². The first-order chi connectivity index (χ1) is 7.81. The average molecular weight is 213 g/mol. The summed E-state index contributed by atoms with van der Waals surface area (Å²) >= 11 is 0. The van der Waals surface area contributed by atoms with Crippen LogP contribution in [-0.2, 0) is 0 Å². The van der Waals surface area contributed by atoms with Crippen LogP contribution < -0.4 is 5.32 Å². The van der Waals surface area contributed by atoms with Gasteiger partial charge in [-0.15, -0.1) is 11.5 Å². The molecule has 1 N–H and O–H groups in total. The second kappa shape index (κ2) is 4.45. The molecule has 0 aliphatic rings. The van der Waals surface area contributed by atoms with E-state index >= 15 is 0 Å². The molecule has 0 amide bonds. The van der Waals surface area contributed by atoms with Crippen molar-refractivity contribution in [3.8, 4) is 18.0 Å². The van der Waals surface area contributed by atoms with Crippen molar-refractivity contribution >= 4 is 5.69 Å². The highest BCUT2D eigenvalue weighted by atomic mass is 15.5. The van der Waals surface area contributed by atoms with Gasteiger partial charge in [-0.2, -0.15) is 0 Å². The highest BCUT2D eigenvalue weighted by molar-refractivity contribution is 5.53. The molecule has 0 atom stereocenters. The molecule has 1 aromatic heterocycles. The van der Waals surface area contributed by atoms with Gasteiger partial charge in [-0.3, -0.25) is 0 Å². The lowest BCUT2D eigenvalue weighted by Crippen LogP contribution is -2.02. The maximum absolute atomic E-state index is 5.18. The molecule has 16 heavy (non-hydrogen) atoms. The molecule has 0 bridgehead atoms. The topological polar surface area (TPSA) is 55.6 Å². The zero-order valence-corrected chi connectivity index (χ0v) is 8.88. The fourth-order valence-electron chi connectivity index (χ4n) is 1.45. The lowest BCUT2D eigenvalue weighted by Gasteiger charge is -2.07. The van der Waals surface area contributed by atoms with Crippen molar-refractivity contribution in [2.75, 3.05) is 11.9 Å². The molecule has 0 spiro atoms. The maximum Gasteiger partial charge on any atom is 0.143 e. The van der Waals surface area contributed by atoms with Crippen LogP contribution in [0.5, 0.6) is 0 Å². The third-order valence-corrected chi connectivity index (χ3v) is 2.19. The predicted octanol–water partition coefficient (Wildman–Crippen LogP) is 1.02. The number of benzene rings is 1. The van der Waals surface area contributed by atoms with E-state index in [1.807, 2.05) is 25.1 Å². The molecule has 2 aromatic rings. The van der Waals surface area contributed by atoms with Gasteiger partial charge in [-0.25, -0.2) is 4.68 Å². The number of nitrogens with zero attached hydrogens (tertiary/aromatic N) is 4. The molecule has 1 heterocycles. The molecule has 0 aliphatic carbocycles. The second-order valence-electron chi connectivity index (χ2n) is 3.31. The summed E-state index contributed by atoms with van der Waals surface area (Å²) in [4.78, 5) is 0. The van der Waals surface area contributed by atoms with E-state index in [1.165, 1.54) is 0 Å². The lowest BCUT2D eigenvalue weighted by molar-refractivity contribution is 0.785. The van der Waals surface area contributed by atoms with Crippen LogP contribution in [0, 0.1) is 19.3 Å². The van der Waals surface area contributed by atoms with E-state index in [1.54, 1.807) is 11.0 Å². The van der Waals surface area contributed by atoms with Gasteiger partial charge in [0.25, 0.3) is 0 Å². The average Bonchev–Trinajstić information content (AvgIpc) is 2.80. The molecule has 0 radical (unpaired) electrons. The second-order valence-corrected chi connectivity index (χ2v) is 3.31. The van der Waals surface area contributed by atoms with Gasteiger partial charge in [0.05, 0.1) is 12.2 Å². The minimum Gasteiger partial charge on any atom is -0.374 e. The Hall–Kier alpha value is -2.35. The third-order valence-electron chi connectivity index (χ3n) is 2.19. The number of rotatable bonds is 3. The summed E-state index contributed by atoms with van der Waals surface area (Å²) in [6, 6.07) is 5.90. The summed E-state index contributed by atoms with van der Waals surface area (Å²) in [5.74, 6) is 2.53. The highest BCUT2D eigenvalue weighted by Gasteiger charge is 2.02. The minimum atomic E-state index is 0.518. The summed E-state index contributed by atoms with van der Waals surface area (Å²) in [5.41, 5.74) is 3.03. The van der Waals surface area contributed by atoms with Crippen molar-refractivity contribution in [3.63, 3.8) is 0 Å². The molecular formula is C11H11N5. The smallest absolute Gasteiger partial charge is 0.143 e. The van der Waals surface area contributed by atoms with Crippen LogP contribution in [0.2, 0.25) is 0 Å². The van der Waals surface area contributed by atoms with Gasteiger partial charge in [0.15, 0.2) is 0 Å². The van der Waals surface area contributed by atoms with Gasteiger partial charge in [0, 0.05) is 5.69 Å². The van der Waals surface area contributed by atoms with Crippen LogP contribution in [0.4, 0.5) is 5.69 Å². The van der Waals surface area contributed by atoms with Gasteiger partial charge in [-0.05, 0) is 41.1 Å². The Morgan fingerprint density at radius 3 is 3.00 bits per heavy atom. The Balaban J connectivity index is 2.27. The molecule has 2 rings (SSSR count). The van der Waals surface area contributed by atoms with Crippen LogP contribution in [0.25, 0.3) is 5.69 Å². The van der Waals surface area contributed by atoms with Crippen LogP contribution in [0.15, 0.2) is 24.5 Å². The number of tetrazole rings is 1. The van der Waals surface area contributed by atoms with E-state index in [2.05, 4.69) is 26.8 Å². The Bertz CT molecular complexity index is 510. The number of hydrogen-bond acceptors (Lipinski definition) is 4. The first-order valence-corrected chi connectivity index (χ1v) is 4.82. The Labute approximate surface area is 93.5 Å². The van der Waals surface area contributed by atoms with Crippen LogP contribution >= 0.6 is 0 Å². The number of aromatic nitrogens is 4. The fraction of sp³-hybridized carbons (Fsp3) is 0.182. The zero-order chi connectivity index (χ0) is 11.4. The van der Waals surface area contributed by atoms with E-state index in [0.717, 1.165) is 16.9 Å². The molecular weight excluding hydrogens is 202 g/mol. The van der Waals surface area contributed by atoms with Crippen molar-refractivity contribution in [1.82, 2.24) is 20.2 Å². The molecule has 5 nitrogen and oxygen atoms in total. The van der Waals surface area contributed by atoms with Crippen LogP contribution in [-0.4, -0.2) is 26.8 Å². The Morgan fingerprint density at radius 2 is 2.38 bits per heavy atom. The van der Waals surface area contributed by atoms with Gasteiger partial charge in [0.2, 0.25) is 0 Å². The van der Waals surface area contributed by atoms with E-state index < -0.39 is 0 Å². The Morgan fingerprint density at radius 1 is 1.50 bits per heavy atom. The molecule has 0 saturated carbocycles. The van der Waals surface area contributed by atoms with Crippen molar-refractivity contribution in [1.29, 1.82) is 0 Å². The molecule has 0 fully saturated rings. The summed E-state index contributed by atoms with van der Waals surface area (Å²) < 4.78 is 1.63. The number of aryl methyl sites for hydroxylation is 1. The summed E-state index contributed by atoms with van der Waals surface area (Å²) in [7, 11) is 0. The van der Waals surface area contributed by atoms with Gasteiger partial charge >= 0.3 is 0 Å². The van der Waals surface area contributed by atoms with Crippen molar-refractivity contribution < 1.29 is 0 Å². The SMILES string of the molecule is C#CCNc1ccc(-n2cnnn2)c(C)c1. The standard InChI is InChI=1S/C11H11N5/c1-3-6-12-10-4-5-11(9(2)7-10)16-8-13-14-15-16/h1,4-5,7-8,12H,6H2,2H3. The zero-order valence-electron chi connectivity index (χ0n) is 8.88. The van der Waals surface area contributed by atoms with Crippen molar-refractivity contribution in [3.05, 3.63) is 30.1 Å². The molecule has 5 heteroatoms. The quantitative estimate of drug-likeness (QED) is 0.773. The van der Waals surface area contributed by atoms with Crippen LogP contribution in [0.3, 0.4) is 0 Å². The highest BCUT2D eigenvalue weighted by Crippen LogP contribution is 2.17. The Kier molecular flexibility index (Phi) is 2.83. The first-order valence-electron chi connectivity index (χ1n) is 4.82. The first kappa shape index (κ1) is 10.2. The summed E-state index contributed by atoms with van der Waals surface area (Å²) in [6.07, 6.45) is 6.74. The number of nitrogens with one attached hydrogen (secondary N) is 1. The monoisotopic (exact) mass is 213 g/mol. The lowest BCUT2D eigenvalue weighted by atomic mass is 10.2. The molecule has 0 aliphatic heterocycles. The molecule has 0 unspecified atom stereocenters. The molecule has 1 aromatic carbocycles. The largest absolute Gasteiger partial charge is 0.374 e. The predicted molar refractivity (Wildman–Crippen MR) is 61.2 cm³/mol. The fourth-order valence-corrected chi connectivity index (χ4v) is 1.45. The third kappa shape index (κ3) is 2.01. The van der Waals surface area contributed by atoms with E-state index in [9.17, 15) is 0 Å². The molecule has 0 saturated heterocycles. The van der Waals surface area contributed by atoms with Gasteiger partial charge < -0.3 is 5.32 Å². The van der Waals surface area contributed by atoms with Gasteiger partial charge in [0.1, 0.15) is 6.33 Å². The minimum absolute atomic E-state index is 0.518.